The van der Waals surface area contributed by atoms with Crippen molar-refractivity contribution in [3.63, 3.8) is 0 Å². The van der Waals surface area contributed by atoms with Crippen LogP contribution in [0.5, 0.6) is 0 Å². The van der Waals surface area contributed by atoms with E-state index >= 15 is 0 Å². The lowest BCUT2D eigenvalue weighted by Gasteiger charge is -2.41. The zero-order chi connectivity index (χ0) is 20.2. The van der Waals surface area contributed by atoms with Crippen LogP contribution in [0.15, 0.2) is 11.8 Å². The predicted molar refractivity (Wildman–Crippen MR) is 95.5 cm³/mol. The Labute approximate surface area is 160 Å². The summed E-state index contributed by atoms with van der Waals surface area (Å²) in [6, 6.07) is 0. The molecule has 3 rings (SSSR count). The Kier molecular flexibility index (Phi) is 4.94. The summed E-state index contributed by atoms with van der Waals surface area (Å²) < 4.78 is 23.6. The first-order valence-corrected chi connectivity index (χ1v) is 9.58. The normalized spacial score (nSPS) is 43.7. The molecule has 0 bridgehead atoms. The quantitative estimate of drug-likeness (QED) is 0.702. The molecule has 3 aliphatic rings. The molecule has 0 aromatic rings. The molecule has 152 valence electrons. The lowest BCUT2D eigenvalue weighted by atomic mass is 9.66. The van der Waals surface area contributed by atoms with Gasteiger partial charge in [0.05, 0.1) is 12.7 Å². The van der Waals surface area contributed by atoms with Crippen LogP contribution in [-0.2, 0) is 28.5 Å². The minimum atomic E-state index is -1.21. The molecule has 0 unspecified atom stereocenters. The van der Waals surface area contributed by atoms with E-state index in [0.29, 0.717) is 12.2 Å². The highest BCUT2D eigenvalue weighted by molar-refractivity contribution is 5.99. The van der Waals surface area contributed by atoms with Crippen molar-refractivity contribution in [2.24, 2.45) is 17.3 Å². The first-order chi connectivity index (χ1) is 12.6. The van der Waals surface area contributed by atoms with Gasteiger partial charge >= 0.3 is 5.97 Å². The van der Waals surface area contributed by atoms with Crippen molar-refractivity contribution < 1.29 is 33.6 Å². The summed E-state index contributed by atoms with van der Waals surface area (Å²) in [7, 11) is 1.51. The molecule has 27 heavy (non-hydrogen) atoms. The van der Waals surface area contributed by atoms with Gasteiger partial charge in [0, 0.05) is 37.9 Å². The van der Waals surface area contributed by atoms with E-state index in [1.54, 1.807) is 13.8 Å². The second-order valence-electron chi connectivity index (χ2n) is 8.40. The third-order valence-corrected chi connectivity index (χ3v) is 6.55. The maximum absolute atomic E-state index is 12.8. The van der Waals surface area contributed by atoms with Crippen LogP contribution in [0, 0.1) is 17.3 Å². The van der Waals surface area contributed by atoms with Crippen LogP contribution in [0.3, 0.4) is 0 Å². The summed E-state index contributed by atoms with van der Waals surface area (Å²) in [4.78, 5) is 25.4. The molecule has 3 heterocycles. The van der Waals surface area contributed by atoms with Gasteiger partial charge in [-0.2, -0.15) is 0 Å². The number of rotatable bonds is 6. The number of allylic oxidation sites excluding steroid dienone is 1. The van der Waals surface area contributed by atoms with Crippen LogP contribution in [0.25, 0.3) is 0 Å². The predicted octanol–water partition coefficient (Wildman–Crippen LogP) is 1.97. The molecule has 1 N–H and O–H groups in total. The summed E-state index contributed by atoms with van der Waals surface area (Å²) in [5.41, 5.74) is -2.16. The fourth-order valence-electron chi connectivity index (χ4n) is 5.17. The summed E-state index contributed by atoms with van der Waals surface area (Å²) in [5, 5.41) is 9.82. The molecular formula is C20H30O7. The lowest BCUT2D eigenvalue weighted by molar-refractivity contribution is -0.279. The Balaban J connectivity index is 1.99. The third-order valence-electron chi connectivity index (χ3n) is 6.55. The number of aliphatic hydroxyl groups excluding tert-OH is 1. The highest BCUT2D eigenvalue weighted by Gasteiger charge is 2.75. The van der Waals surface area contributed by atoms with Crippen molar-refractivity contribution in [1.82, 2.24) is 0 Å². The Morgan fingerprint density at radius 1 is 1.26 bits per heavy atom. The van der Waals surface area contributed by atoms with Crippen molar-refractivity contribution in [2.75, 3.05) is 13.7 Å². The van der Waals surface area contributed by atoms with Gasteiger partial charge in [0.2, 0.25) is 5.78 Å². The molecule has 3 aliphatic heterocycles. The van der Waals surface area contributed by atoms with Crippen LogP contribution in [-0.4, -0.2) is 54.2 Å². The number of hydrogen-bond acceptors (Lipinski definition) is 7. The van der Waals surface area contributed by atoms with Crippen LogP contribution >= 0.6 is 0 Å². The summed E-state index contributed by atoms with van der Waals surface area (Å²) in [6.45, 7) is 8.96. The average Bonchev–Trinajstić information content (AvgIpc) is 3.15. The molecule has 0 spiro atoms. The number of hydrogen-bond donors (Lipinski definition) is 1. The smallest absolute Gasteiger partial charge is 0.318 e. The van der Waals surface area contributed by atoms with Crippen molar-refractivity contribution in [3.05, 3.63) is 11.8 Å². The van der Waals surface area contributed by atoms with E-state index < -0.39 is 40.9 Å². The second kappa shape index (κ2) is 6.57. The number of fused-ring (bicyclic) bond motifs is 1. The Bertz CT molecular complexity index is 671. The number of aliphatic hydroxyl groups is 1. The van der Waals surface area contributed by atoms with Gasteiger partial charge in [-0.1, -0.05) is 20.8 Å². The van der Waals surface area contributed by atoms with E-state index in [4.69, 9.17) is 18.9 Å². The highest BCUT2D eigenvalue weighted by atomic mass is 16.7. The monoisotopic (exact) mass is 382 g/mol. The number of carbonyl (C=O) groups is 2. The van der Waals surface area contributed by atoms with Crippen molar-refractivity contribution in [2.45, 2.75) is 71.1 Å². The van der Waals surface area contributed by atoms with Gasteiger partial charge in [0.25, 0.3) is 0 Å². The van der Waals surface area contributed by atoms with E-state index in [9.17, 15) is 14.7 Å². The van der Waals surface area contributed by atoms with Crippen molar-refractivity contribution in [1.29, 1.82) is 0 Å². The number of cyclic esters (lactones) is 1. The summed E-state index contributed by atoms with van der Waals surface area (Å²) in [5.74, 6) is -1.72. The highest BCUT2D eigenvalue weighted by Crippen LogP contribution is 2.61. The summed E-state index contributed by atoms with van der Waals surface area (Å²) in [6.07, 6.45) is 1.15. The number of ketones is 1. The second-order valence-corrected chi connectivity index (χ2v) is 8.40. The zero-order valence-electron chi connectivity index (χ0n) is 16.9. The fourth-order valence-corrected chi connectivity index (χ4v) is 5.17. The zero-order valence-corrected chi connectivity index (χ0v) is 16.9. The van der Waals surface area contributed by atoms with Gasteiger partial charge in [-0.05, 0) is 13.8 Å². The molecule has 0 saturated carbocycles. The molecule has 0 amide bonds. The molecular weight excluding hydrogens is 352 g/mol. The van der Waals surface area contributed by atoms with Crippen molar-refractivity contribution in [3.8, 4) is 0 Å². The average molecular weight is 382 g/mol. The van der Waals surface area contributed by atoms with Crippen LogP contribution in [0.2, 0.25) is 0 Å². The molecule has 0 aromatic heterocycles. The summed E-state index contributed by atoms with van der Waals surface area (Å²) >= 11 is 0. The van der Waals surface area contributed by atoms with E-state index in [1.165, 1.54) is 13.2 Å². The molecule has 2 fully saturated rings. The third kappa shape index (κ3) is 2.58. The number of carbonyl (C=O) groups excluding carboxylic acids is 2. The first kappa shape index (κ1) is 20.3. The largest absolute Gasteiger partial charge is 0.484 e. The van der Waals surface area contributed by atoms with Crippen LogP contribution in [0.4, 0.5) is 0 Å². The molecule has 2 saturated heterocycles. The van der Waals surface area contributed by atoms with E-state index in [0.717, 1.165) is 0 Å². The maximum atomic E-state index is 12.8. The van der Waals surface area contributed by atoms with Gasteiger partial charge < -0.3 is 24.1 Å². The Morgan fingerprint density at radius 3 is 2.41 bits per heavy atom. The minimum Gasteiger partial charge on any atom is -0.484 e. The maximum Gasteiger partial charge on any atom is 0.318 e. The van der Waals surface area contributed by atoms with E-state index in [2.05, 4.69) is 0 Å². The van der Waals surface area contributed by atoms with Crippen LogP contribution < -0.4 is 0 Å². The van der Waals surface area contributed by atoms with Gasteiger partial charge in [-0.25, -0.2) is 0 Å². The molecule has 0 aliphatic carbocycles. The standard InChI is InChI=1S/C20H30O7/c1-7-12-8-15(22)18(4,26-12)9-13-16-14(10-21)25-17(23)19(16,5)20(24-6,27-13)11(2)3/h8,11,13-14,16,21H,7,9-10H2,1-6H3/t13-,14+,16+,18-,19+,20+/m0/s1. The first-order valence-electron chi connectivity index (χ1n) is 9.58. The molecule has 7 nitrogen and oxygen atoms in total. The van der Waals surface area contributed by atoms with E-state index in [-0.39, 0.29) is 24.7 Å². The topological polar surface area (TPSA) is 91.3 Å². The van der Waals surface area contributed by atoms with Gasteiger partial charge in [0.1, 0.15) is 17.3 Å². The van der Waals surface area contributed by atoms with Gasteiger partial charge in [0.15, 0.2) is 11.4 Å². The van der Waals surface area contributed by atoms with Crippen LogP contribution in [0.1, 0.15) is 47.5 Å². The minimum absolute atomic E-state index is 0.116. The SMILES string of the molecule is CCC1=CC(=O)[C@](C)(C[C@@H]2O[C@](OC)(C(C)C)[C@@]3(C)C(=O)O[C@H](CO)[C@@H]23)O1. The fraction of sp³-hybridized carbons (Fsp3) is 0.800. The van der Waals surface area contributed by atoms with Crippen molar-refractivity contribution >= 4 is 11.8 Å². The number of methoxy groups -OCH3 is 1. The molecule has 7 heteroatoms. The Hall–Kier alpha value is -1.44. The van der Waals surface area contributed by atoms with Gasteiger partial charge in [-0.3, -0.25) is 9.59 Å². The number of esters is 1. The molecule has 6 atom stereocenters. The van der Waals surface area contributed by atoms with E-state index in [1.807, 2.05) is 20.8 Å². The van der Waals surface area contributed by atoms with Gasteiger partial charge in [-0.15, -0.1) is 0 Å². The lowest BCUT2D eigenvalue weighted by Crippen LogP contribution is -2.54. The molecule has 0 radical (unpaired) electrons. The Morgan fingerprint density at radius 2 is 1.93 bits per heavy atom. The number of ether oxygens (including phenoxy) is 4. The molecule has 0 aromatic carbocycles.